The SMILES string of the molecule is Cc1ccc(NCc2ncc[nH]2)cc1N(C)C. The molecule has 0 amide bonds. The number of imidazole rings is 1. The third-order valence-electron chi connectivity index (χ3n) is 2.71. The Balaban J connectivity index is 2.09. The third kappa shape index (κ3) is 2.78. The van der Waals surface area contributed by atoms with E-state index in [-0.39, 0.29) is 0 Å². The monoisotopic (exact) mass is 230 g/mol. The molecule has 1 heterocycles. The molecule has 0 saturated heterocycles. The van der Waals surface area contributed by atoms with Crippen molar-refractivity contribution in [3.05, 3.63) is 42.0 Å². The van der Waals surface area contributed by atoms with Crippen molar-refractivity contribution in [2.45, 2.75) is 13.5 Å². The van der Waals surface area contributed by atoms with Crippen LogP contribution in [0.2, 0.25) is 0 Å². The molecule has 1 aromatic heterocycles. The summed E-state index contributed by atoms with van der Waals surface area (Å²) in [5.41, 5.74) is 3.61. The molecule has 0 saturated carbocycles. The van der Waals surface area contributed by atoms with Crippen molar-refractivity contribution < 1.29 is 0 Å². The largest absolute Gasteiger partial charge is 0.378 e. The number of aromatic nitrogens is 2. The molecule has 17 heavy (non-hydrogen) atoms. The van der Waals surface area contributed by atoms with Crippen LogP contribution in [0.25, 0.3) is 0 Å². The van der Waals surface area contributed by atoms with Crippen LogP contribution >= 0.6 is 0 Å². The Hall–Kier alpha value is -1.97. The third-order valence-corrected chi connectivity index (χ3v) is 2.71. The van der Waals surface area contributed by atoms with Gasteiger partial charge in [0, 0.05) is 37.9 Å². The molecule has 0 aliphatic rings. The Morgan fingerprint density at radius 2 is 2.18 bits per heavy atom. The van der Waals surface area contributed by atoms with Gasteiger partial charge in [-0.2, -0.15) is 0 Å². The summed E-state index contributed by atoms with van der Waals surface area (Å²) in [4.78, 5) is 9.37. The van der Waals surface area contributed by atoms with Crippen molar-refractivity contribution in [1.29, 1.82) is 0 Å². The van der Waals surface area contributed by atoms with Gasteiger partial charge in [0.2, 0.25) is 0 Å². The highest BCUT2D eigenvalue weighted by Gasteiger charge is 2.02. The van der Waals surface area contributed by atoms with E-state index in [0.29, 0.717) is 6.54 Å². The van der Waals surface area contributed by atoms with E-state index in [9.17, 15) is 0 Å². The minimum atomic E-state index is 0.711. The van der Waals surface area contributed by atoms with Gasteiger partial charge in [0.05, 0.1) is 6.54 Å². The zero-order chi connectivity index (χ0) is 12.3. The van der Waals surface area contributed by atoms with Gasteiger partial charge in [-0.1, -0.05) is 6.07 Å². The average Bonchev–Trinajstić information content (AvgIpc) is 2.80. The highest BCUT2D eigenvalue weighted by Crippen LogP contribution is 2.22. The summed E-state index contributed by atoms with van der Waals surface area (Å²) in [7, 11) is 4.11. The van der Waals surface area contributed by atoms with E-state index < -0.39 is 0 Å². The molecule has 90 valence electrons. The number of H-pyrrole nitrogens is 1. The standard InChI is InChI=1S/C13H18N4/c1-10-4-5-11(8-12(10)17(2)3)16-9-13-14-6-7-15-13/h4-8,16H,9H2,1-3H3,(H,14,15). The normalized spacial score (nSPS) is 10.3. The molecule has 0 spiro atoms. The van der Waals surface area contributed by atoms with Gasteiger partial charge >= 0.3 is 0 Å². The van der Waals surface area contributed by atoms with Crippen molar-refractivity contribution in [3.8, 4) is 0 Å². The molecule has 0 atom stereocenters. The minimum absolute atomic E-state index is 0.711. The lowest BCUT2D eigenvalue weighted by molar-refractivity contribution is 0.999. The van der Waals surface area contributed by atoms with Crippen LogP contribution < -0.4 is 10.2 Å². The summed E-state index contributed by atoms with van der Waals surface area (Å²) in [5.74, 6) is 0.942. The fourth-order valence-corrected chi connectivity index (χ4v) is 1.78. The topological polar surface area (TPSA) is 44.0 Å². The molecule has 0 radical (unpaired) electrons. The first kappa shape index (κ1) is 11.5. The number of nitrogens with zero attached hydrogens (tertiary/aromatic N) is 2. The summed E-state index contributed by atoms with van der Waals surface area (Å²) < 4.78 is 0. The lowest BCUT2D eigenvalue weighted by Crippen LogP contribution is -2.11. The van der Waals surface area contributed by atoms with Gasteiger partial charge in [0.15, 0.2) is 0 Å². The number of rotatable bonds is 4. The molecular weight excluding hydrogens is 212 g/mol. The summed E-state index contributed by atoms with van der Waals surface area (Å²) in [6.07, 6.45) is 3.59. The summed E-state index contributed by atoms with van der Waals surface area (Å²) >= 11 is 0. The maximum Gasteiger partial charge on any atom is 0.125 e. The minimum Gasteiger partial charge on any atom is -0.378 e. The first-order valence-electron chi connectivity index (χ1n) is 5.67. The maximum atomic E-state index is 4.18. The van der Waals surface area contributed by atoms with Crippen LogP contribution in [0.4, 0.5) is 11.4 Å². The molecule has 0 fully saturated rings. The number of hydrogen-bond acceptors (Lipinski definition) is 3. The van der Waals surface area contributed by atoms with Gasteiger partial charge in [-0.25, -0.2) is 4.98 Å². The van der Waals surface area contributed by atoms with E-state index in [0.717, 1.165) is 11.5 Å². The first-order valence-corrected chi connectivity index (χ1v) is 5.67. The van der Waals surface area contributed by atoms with E-state index >= 15 is 0 Å². The number of nitrogens with one attached hydrogen (secondary N) is 2. The predicted octanol–water partition coefficient (Wildman–Crippen LogP) is 2.40. The van der Waals surface area contributed by atoms with Crippen LogP contribution in [0, 0.1) is 6.92 Å². The average molecular weight is 230 g/mol. The molecule has 2 aromatic rings. The molecule has 0 aliphatic carbocycles. The molecule has 2 rings (SSSR count). The fourth-order valence-electron chi connectivity index (χ4n) is 1.78. The molecule has 0 bridgehead atoms. The molecular formula is C13H18N4. The van der Waals surface area contributed by atoms with Crippen LogP contribution in [-0.2, 0) is 6.54 Å². The van der Waals surface area contributed by atoms with Gasteiger partial charge in [-0.05, 0) is 24.6 Å². The lowest BCUT2D eigenvalue weighted by atomic mass is 10.1. The van der Waals surface area contributed by atoms with Gasteiger partial charge in [-0.3, -0.25) is 0 Å². The van der Waals surface area contributed by atoms with Crippen LogP contribution in [0.1, 0.15) is 11.4 Å². The first-order chi connectivity index (χ1) is 8.16. The highest BCUT2D eigenvalue weighted by molar-refractivity contribution is 5.61. The van der Waals surface area contributed by atoms with Crippen molar-refractivity contribution in [2.75, 3.05) is 24.3 Å². The van der Waals surface area contributed by atoms with E-state index in [4.69, 9.17) is 0 Å². The molecule has 4 heteroatoms. The van der Waals surface area contributed by atoms with Crippen LogP contribution in [-0.4, -0.2) is 24.1 Å². The second-order valence-electron chi connectivity index (χ2n) is 4.29. The number of anilines is 2. The zero-order valence-corrected chi connectivity index (χ0v) is 10.5. The molecule has 1 aromatic carbocycles. The summed E-state index contributed by atoms with van der Waals surface area (Å²) in [5, 5.41) is 3.35. The van der Waals surface area contributed by atoms with Gasteiger partial charge in [-0.15, -0.1) is 0 Å². The van der Waals surface area contributed by atoms with E-state index in [1.165, 1.54) is 11.3 Å². The van der Waals surface area contributed by atoms with Crippen molar-refractivity contribution in [3.63, 3.8) is 0 Å². The van der Waals surface area contributed by atoms with E-state index in [1.54, 1.807) is 6.20 Å². The second-order valence-corrected chi connectivity index (χ2v) is 4.29. The smallest absolute Gasteiger partial charge is 0.125 e. The van der Waals surface area contributed by atoms with Crippen molar-refractivity contribution in [2.24, 2.45) is 0 Å². The highest BCUT2D eigenvalue weighted by atomic mass is 15.1. The predicted molar refractivity (Wildman–Crippen MR) is 71.4 cm³/mol. The van der Waals surface area contributed by atoms with Crippen LogP contribution in [0.5, 0.6) is 0 Å². The van der Waals surface area contributed by atoms with Crippen LogP contribution in [0.3, 0.4) is 0 Å². The summed E-state index contributed by atoms with van der Waals surface area (Å²) in [6.45, 7) is 2.83. The number of benzene rings is 1. The Kier molecular flexibility index (Phi) is 3.32. The zero-order valence-electron chi connectivity index (χ0n) is 10.5. The second kappa shape index (κ2) is 4.91. The van der Waals surface area contributed by atoms with Gasteiger partial charge in [0.25, 0.3) is 0 Å². The van der Waals surface area contributed by atoms with Gasteiger partial charge < -0.3 is 15.2 Å². The Bertz CT molecular complexity index is 474. The van der Waals surface area contributed by atoms with E-state index in [2.05, 4.69) is 59.4 Å². The molecule has 0 aliphatic heterocycles. The quantitative estimate of drug-likeness (QED) is 0.847. The Morgan fingerprint density at radius 3 is 2.82 bits per heavy atom. The number of aryl methyl sites for hydroxylation is 1. The molecule has 0 unspecified atom stereocenters. The van der Waals surface area contributed by atoms with Crippen molar-refractivity contribution >= 4 is 11.4 Å². The fraction of sp³-hybridized carbons (Fsp3) is 0.308. The Labute approximate surface area is 102 Å². The van der Waals surface area contributed by atoms with Crippen molar-refractivity contribution in [1.82, 2.24) is 9.97 Å². The summed E-state index contributed by atoms with van der Waals surface area (Å²) in [6, 6.07) is 6.36. The molecule has 2 N–H and O–H groups in total. The lowest BCUT2D eigenvalue weighted by Gasteiger charge is -2.17. The van der Waals surface area contributed by atoms with Gasteiger partial charge in [0.1, 0.15) is 5.82 Å². The number of hydrogen-bond donors (Lipinski definition) is 2. The maximum absolute atomic E-state index is 4.18. The van der Waals surface area contributed by atoms with Crippen LogP contribution in [0.15, 0.2) is 30.6 Å². The van der Waals surface area contributed by atoms with E-state index in [1.807, 2.05) is 6.20 Å². The Morgan fingerprint density at radius 1 is 1.35 bits per heavy atom. The molecule has 4 nitrogen and oxygen atoms in total. The number of aromatic amines is 1.